The molecule has 1 rings (SSSR count). The second-order valence-electron chi connectivity index (χ2n) is 1.86. The standard InChI is InChI=1S/C5H7N3O3/c1-3-6-4(9)2-5(7-3)11-8-10/h2,8,10H,1H3,(H,6,7,9). The van der Waals surface area contributed by atoms with Crippen LogP contribution in [-0.2, 0) is 0 Å². The zero-order valence-electron chi connectivity index (χ0n) is 5.79. The van der Waals surface area contributed by atoms with Crippen LogP contribution in [0, 0.1) is 6.92 Å². The summed E-state index contributed by atoms with van der Waals surface area (Å²) in [6.45, 7) is 1.60. The Balaban J connectivity index is 2.99. The van der Waals surface area contributed by atoms with Gasteiger partial charge < -0.3 is 9.82 Å². The quantitative estimate of drug-likeness (QED) is 0.496. The first kappa shape index (κ1) is 7.70. The molecule has 0 aliphatic carbocycles. The van der Waals surface area contributed by atoms with E-state index < -0.39 is 0 Å². The maximum atomic E-state index is 10.7. The number of hydrogen-bond acceptors (Lipinski definition) is 5. The first-order valence-corrected chi connectivity index (χ1v) is 2.86. The van der Waals surface area contributed by atoms with E-state index in [1.807, 2.05) is 0 Å². The van der Waals surface area contributed by atoms with Crippen molar-refractivity contribution in [3.05, 3.63) is 22.2 Å². The zero-order chi connectivity index (χ0) is 8.27. The third kappa shape index (κ3) is 2.03. The number of aromatic amines is 1. The fourth-order valence-corrected chi connectivity index (χ4v) is 0.651. The molecule has 1 heterocycles. The van der Waals surface area contributed by atoms with Crippen LogP contribution < -0.4 is 16.0 Å². The molecule has 60 valence electrons. The fourth-order valence-electron chi connectivity index (χ4n) is 0.651. The maximum Gasteiger partial charge on any atom is 0.254 e. The summed E-state index contributed by atoms with van der Waals surface area (Å²) < 4.78 is 0. The first-order chi connectivity index (χ1) is 5.22. The van der Waals surface area contributed by atoms with Gasteiger partial charge in [0.2, 0.25) is 5.88 Å². The van der Waals surface area contributed by atoms with E-state index in [4.69, 9.17) is 5.21 Å². The number of nitrogens with zero attached hydrogens (tertiary/aromatic N) is 1. The molecular formula is C5H7N3O3. The third-order valence-corrected chi connectivity index (χ3v) is 0.987. The van der Waals surface area contributed by atoms with Gasteiger partial charge in [0.25, 0.3) is 5.56 Å². The van der Waals surface area contributed by atoms with E-state index in [-0.39, 0.29) is 11.4 Å². The lowest BCUT2D eigenvalue weighted by Crippen LogP contribution is -2.16. The molecule has 0 fully saturated rings. The number of aromatic nitrogens is 2. The summed E-state index contributed by atoms with van der Waals surface area (Å²) >= 11 is 0. The van der Waals surface area contributed by atoms with Crippen molar-refractivity contribution < 1.29 is 10.0 Å². The predicted octanol–water partition coefficient (Wildman–Crippen LogP) is -0.649. The van der Waals surface area contributed by atoms with E-state index in [2.05, 4.69) is 14.8 Å². The van der Waals surface area contributed by atoms with Gasteiger partial charge in [-0.1, -0.05) is 0 Å². The van der Waals surface area contributed by atoms with Crippen LogP contribution >= 0.6 is 0 Å². The summed E-state index contributed by atoms with van der Waals surface area (Å²) in [7, 11) is 0. The van der Waals surface area contributed by atoms with Crippen molar-refractivity contribution in [2.24, 2.45) is 0 Å². The Morgan fingerprint density at radius 2 is 2.55 bits per heavy atom. The smallest absolute Gasteiger partial charge is 0.254 e. The minimum atomic E-state index is -0.331. The molecule has 1 aromatic rings. The van der Waals surface area contributed by atoms with Gasteiger partial charge in [-0.25, -0.2) is 0 Å². The highest BCUT2D eigenvalue weighted by molar-refractivity contribution is 5.07. The van der Waals surface area contributed by atoms with E-state index >= 15 is 0 Å². The Kier molecular flexibility index (Phi) is 2.19. The topological polar surface area (TPSA) is 87.2 Å². The largest absolute Gasteiger partial charge is 0.363 e. The maximum absolute atomic E-state index is 10.7. The van der Waals surface area contributed by atoms with E-state index in [0.29, 0.717) is 5.82 Å². The monoisotopic (exact) mass is 157 g/mol. The molecule has 6 nitrogen and oxygen atoms in total. The second kappa shape index (κ2) is 3.13. The Bertz CT molecular complexity index is 295. The molecular weight excluding hydrogens is 150 g/mol. The molecule has 1 aromatic heterocycles. The lowest BCUT2D eigenvalue weighted by molar-refractivity contribution is -0.0470. The number of H-pyrrole nitrogens is 1. The fraction of sp³-hybridized carbons (Fsp3) is 0.200. The highest BCUT2D eigenvalue weighted by Crippen LogP contribution is 1.97. The SMILES string of the molecule is Cc1nc(ONO)cc(=O)[nH]1. The molecule has 0 bridgehead atoms. The van der Waals surface area contributed by atoms with Gasteiger partial charge in [-0.15, -0.1) is 0 Å². The first-order valence-electron chi connectivity index (χ1n) is 2.86. The molecule has 3 N–H and O–H groups in total. The molecule has 0 aliphatic heterocycles. The Labute approximate surface area is 61.8 Å². The van der Waals surface area contributed by atoms with Gasteiger partial charge in [0.15, 0.2) is 0 Å². The average molecular weight is 157 g/mol. The molecule has 0 radical (unpaired) electrons. The molecule has 6 heteroatoms. The van der Waals surface area contributed by atoms with Crippen molar-refractivity contribution in [3.8, 4) is 5.88 Å². The molecule has 0 saturated carbocycles. The van der Waals surface area contributed by atoms with Crippen molar-refractivity contribution in [2.75, 3.05) is 0 Å². The van der Waals surface area contributed by atoms with Gasteiger partial charge in [0, 0.05) is 0 Å². The second-order valence-corrected chi connectivity index (χ2v) is 1.86. The van der Waals surface area contributed by atoms with Crippen LogP contribution in [0.3, 0.4) is 0 Å². The number of aryl methyl sites for hydroxylation is 1. The van der Waals surface area contributed by atoms with Crippen molar-refractivity contribution in [1.29, 1.82) is 0 Å². The molecule has 0 atom stereocenters. The lowest BCUT2D eigenvalue weighted by atomic mass is 10.6. The summed E-state index contributed by atoms with van der Waals surface area (Å²) in [5.41, 5.74) is 1.09. The normalized spacial score (nSPS) is 9.64. The molecule has 0 amide bonds. The minimum absolute atomic E-state index is 0.0220. The molecule has 0 aliphatic rings. The van der Waals surface area contributed by atoms with Crippen molar-refractivity contribution in [3.63, 3.8) is 0 Å². The molecule has 0 unspecified atom stereocenters. The summed E-state index contributed by atoms with van der Waals surface area (Å²) in [4.78, 5) is 21.2. The summed E-state index contributed by atoms with van der Waals surface area (Å²) in [5.74, 6) is 0.441. The third-order valence-electron chi connectivity index (χ3n) is 0.987. The van der Waals surface area contributed by atoms with Crippen LogP contribution in [0.1, 0.15) is 5.82 Å². The van der Waals surface area contributed by atoms with Gasteiger partial charge in [-0.3, -0.25) is 10.0 Å². The van der Waals surface area contributed by atoms with Crippen LogP contribution in [0.15, 0.2) is 10.9 Å². The predicted molar refractivity (Wildman–Crippen MR) is 35.1 cm³/mol. The zero-order valence-corrected chi connectivity index (χ0v) is 5.79. The molecule has 0 aromatic carbocycles. The van der Waals surface area contributed by atoms with Gasteiger partial charge >= 0.3 is 0 Å². The summed E-state index contributed by atoms with van der Waals surface area (Å²) in [6, 6.07) is 1.11. The number of nitrogens with one attached hydrogen (secondary N) is 2. The van der Waals surface area contributed by atoms with E-state index in [1.165, 1.54) is 5.64 Å². The number of rotatable bonds is 2. The van der Waals surface area contributed by atoms with E-state index in [9.17, 15) is 4.79 Å². The van der Waals surface area contributed by atoms with Gasteiger partial charge in [0.1, 0.15) is 5.82 Å². The Morgan fingerprint density at radius 1 is 1.82 bits per heavy atom. The van der Waals surface area contributed by atoms with Gasteiger partial charge in [-0.05, 0) is 12.6 Å². The average Bonchev–Trinajstić information content (AvgIpc) is 1.85. The summed E-state index contributed by atoms with van der Waals surface area (Å²) in [6.07, 6.45) is 0. The van der Waals surface area contributed by atoms with Crippen molar-refractivity contribution in [2.45, 2.75) is 6.92 Å². The highest BCUT2D eigenvalue weighted by atomic mass is 16.8. The van der Waals surface area contributed by atoms with Crippen molar-refractivity contribution in [1.82, 2.24) is 15.6 Å². The van der Waals surface area contributed by atoms with Gasteiger partial charge in [-0.2, -0.15) is 4.98 Å². The number of hydrogen-bond donors (Lipinski definition) is 3. The molecule has 11 heavy (non-hydrogen) atoms. The van der Waals surface area contributed by atoms with Crippen molar-refractivity contribution >= 4 is 0 Å². The summed E-state index contributed by atoms with van der Waals surface area (Å²) in [5, 5.41) is 8.08. The van der Waals surface area contributed by atoms with Crippen LogP contribution in [0.2, 0.25) is 0 Å². The van der Waals surface area contributed by atoms with Crippen LogP contribution in [0.5, 0.6) is 5.88 Å². The van der Waals surface area contributed by atoms with Gasteiger partial charge in [0.05, 0.1) is 6.07 Å². The highest BCUT2D eigenvalue weighted by Gasteiger charge is 1.96. The van der Waals surface area contributed by atoms with E-state index in [1.54, 1.807) is 6.92 Å². The van der Waals surface area contributed by atoms with Crippen LogP contribution in [0.25, 0.3) is 0 Å². The molecule has 0 spiro atoms. The Hall–Kier alpha value is -1.40. The van der Waals surface area contributed by atoms with Crippen LogP contribution in [-0.4, -0.2) is 15.2 Å². The van der Waals surface area contributed by atoms with E-state index in [0.717, 1.165) is 6.07 Å². The minimum Gasteiger partial charge on any atom is -0.363 e. The Morgan fingerprint density at radius 3 is 3.09 bits per heavy atom. The molecule has 0 saturated heterocycles. The lowest BCUT2D eigenvalue weighted by Gasteiger charge is -1.99. The van der Waals surface area contributed by atoms with Crippen LogP contribution in [0.4, 0.5) is 0 Å².